The highest BCUT2D eigenvalue weighted by Crippen LogP contribution is 2.05. The van der Waals surface area contributed by atoms with E-state index in [0.29, 0.717) is 24.6 Å². The van der Waals surface area contributed by atoms with Crippen LogP contribution in [0.3, 0.4) is 0 Å². The van der Waals surface area contributed by atoms with Gasteiger partial charge >= 0.3 is 0 Å². The zero-order valence-corrected chi connectivity index (χ0v) is 10.9. The van der Waals surface area contributed by atoms with Crippen LogP contribution in [0.2, 0.25) is 0 Å². The van der Waals surface area contributed by atoms with Crippen LogP contribution in [0.5, 0.6) is 0 Å². The summed E-state index contributed by atoms with van der Waals surface area (Å²) in [6.45, 7) is 10.1. The van der Waals surface area contributed by atoms with Gasteiger partial charge in [-0.05, 0) is 18.5 Å². The average Bonchev–Trinajstić information content (AvgIpc) is 2.22. The second-order valence-corrected chi connectivity index (χ2v) is 6.66. The quantitative estimate of drug-likeness (QED) is 0.540. The molecule has 4 nitrogen and oxygen atoms in total. The van der Waals surface area contributed by atoms with Crippen molar-refractivity contribution in [3.63, 3.8) is 0 Å². The minimum atomic E-state index is -2.76. The Balaban J connectivity index is 2.20. The molecule has 16 heavy (non-hydrogen) atoms. The first-order valence-electron chi connectivity index (χ1n) is 5.83. The van der Waals surface area contributed by atoms with Crippen LogP contribution < -0.4 is 5.32 Å². The Bertz CT molecular complexity index is 311. The van der Waals surface area contributed by atoms with Gasteiger partial charge in [-0.25, -0.2) is 8.42 Å². The Morgan fingerprint density at radius 1 is 1.38 bits per heavy atom. The van der Waals surface area contributed by atoms with Crippen molar-refractivity contribution in [3.8, 4) is 0 Å². The van der Waals surface area contributed by atoms with Crippen molar-refractivity contribution in [1.29, 1.82) is 0 Å². The molecule has 0 aromatic heterocycles. The summed E-state index contributed by atoms with van der Waals surface area (Å²) >= 11 is 0. The van der Waals surface area contributed by atoms with E-state index in [0.717, 1.165) is 31.6 Å². The van der Waals surface area contributed by atoms with Crippen molar-refractivity contribution in [3.05, 3.63) is 12.2 Å². The van der Waals surface area contributed by atoms with Crippen LogP contribution in [-0.2, 0) is 9.84 Å². The molecule has 0 unspecified atom stereocenters. The molecule has 0 aromatic rings. The molecule has 94 valence electrons. The second kappa shape index (κ2) is 6.37. The van der Waals surface area contributed by atoms with Gasteiger partial charge in [0.25, 0.3) is 0 Å². The Hall–Kier alpha value is -0.390. The van der Waals surface area contributed by atoms with Crippen LogP contribution in [0.15, 0.2) is 12.2 Å². The van der Waals surface area contributed by atoms with Crippen molar-refractivity contribution >= 4 is 9.84 Å². The normalized spacial score (nSPS) is 20.8. The highest BCUT2D eigenvalue weighted by Gasteiger charge is 2.21. The highest BCUT2D eigenvalue weighted by molar-refractivity contribution is 7.91. The Labute approximate surface area is 98.6 Å². The summed E-state index contributed by atoms with van der Waals surface area (Å²) in [5.74, 6) is 0.589. The topological polar surface area (TPSA) is 49.4 Å². The van der Waals surface area contributed by atoms with Gasteiger partial charge in [-0.3, -0.25) is 4.90 Å². The Morgan fingerprint density at radius 2 is 2.00 bits per heavy atom. The molecule has 1 rings (SSSR count). The lowest BCUT2D eigenvalue weighted by molar-refractivity contribution is 0.318. The molecule has 0 bridgehead atoms. The molecule has 0 spiro atoms. The summed E-state index contributed by atoms with van der Waals surface area (Å²) in [6, 6.07) is 0. The first-order valence-corrected chi connectivity index (χ1v) is 7.66. The van der Waals surface area contributed by atoms with E-state index in [4.69, 9.17) is 0 Å². The highest BCUT2D eigenvalue weighted by atomic mass is 32.2. The molecule has 1 aliphatic heterocycles. The summed E-state index contributed by atoms with van der Waals surface area (Å²) in [5, 5.41) is 3.30. The van der Waals surface area contributed by atoms with Crippen LogP contribution in [0.4, 0.5) is 0 Å². The molecule has 0 amide bonds. The molecule has 0 aromatic carbocycles. The molecule has 1 aliphatic rings. The fourth-order valence-electron chi connectivity index (χ4n) is 1.72. The Morgan fingerprint density at radius 3 is 2.56 bits per heavy atom. The van der Waals surface area contributed by atoms with Crippen LogP contribution in [0.25, 0.3) is 0 Å². The van der Waals surface area contributed by atoms with Crippen molar-refractivity contribution < 1.29 is 8.42 Å². The molecular formula is C11H22N2O2S. The maximum atomic E-state index is 11.2. The molecular weight excluding hydrogens is 224 g/mol. The van der Waals surface area contributed by atoms with E-state index < -0.39 is 9.84 Å². The predicted molar refractivity (Wildman–Crippen MR) is 67.4 cm³/mol. The van der Waals surface area contributed by atoms with E-state index in [1.165, 1.54) is 0 Å². The van der Waals surface area contributed by atoms with E-state index in [9.17, 15) is 8.42 Å². The number of hydrogen-bond acceptors (Lipinski definition) is 4. The maximum absolute atomic E-state index is 11.2. The molecule has 0 atom stereocenters. The minimum Gasteiger partial charge on any atom is -0.313 e. The van der Waals surface area contributed by atoms with Crippen LogP contribution >= 0.6 is 0 Å². The molecule has 0 radical (unpaired) electrons. The van der Waals surface area contributed by atoms with Gasteiger partial charge in [0.15, 0.2) is 9.84 Å². The van der Waals surface area contributed by atoms with Crippen LogP contribution in [0.1, 0.15) is 13.3 Å². The lowest BCUT2D eigenvalue weighted by Gasteiger charge is -2.27. The predicted octanol–water partition coefficient (Wildman–Crippen LogP) is 0.273. The number of rotatable bonds is 6. The third-order valence-corrected chi connectivity index (χ3v) is 4.30. The van der Waals surface area contributed by atoms with Gasteiger partial charge < -0.3 is 5.32 Å². The first kappa shape index (κ1) is 13.7. The molecule has 1 N–H and O–H groups in total. The Kier molecular flexibility index (Phi) is 5.44. The largest absolute Gasteiger partial charge is 0.313 e. The number of sulfone groups is 1. The molecule has 0 saturated carbocycles. The van der Waals surface area contributed by atoms with Gasteiger partial charge in [0.2, 0.25) is 0 Å². The second-order valence-electron chi connectivity index (χ2n) is 4.35. The van der Waals surface area contributed by atoms with E-state index >= 15 is 0 Å². The standard InChI is InChI=1S/C11H22N2O2S/c1-3-4-12-9-11(2)10-13-5-7-16(14,15)8-6-13/h12H,2-10H2,1H3. The fourth-order valence-corrected chi connectivity index (χ4v) is 3.00. The SMILES string of the molecule is C=C(CNCCC)CN1CCS(=O)(=O)CC1. The summed E-state index contributed by atoms with van der Waals surface area (Å²) in [4.78, 5) is 2.16. The zero-order valence-electron chi connectivity index (χ0n) is 10.0. The number of nitrogens with one attached hydrogen (secondary N) is 1. The maximum Gasteiger partial charge on any atom is 0.152 e. The van der Waals surface area contributed by atoms with Crippen LogP contribution in [0, 0.1) is 0 Å². The van der Waals surface area contributed by atoms with Gasteiger partial charge in [-0.1, -0.05) is 13.5 Å². The van der Waals surface area contributed by atoms with Crippen molar-refractivity contribution in [2.75, 3.05) is 44.2 Å². The number of hydrogen-bond donors (Lipinski definition) is 1. The third-order valence-electron chi connectivity index (χ3n) is 2.69. The van der Waals surface area contributed by atoms with Crippen molar-refractivity contribution in [1.82, 2.24) is 10.2 Å². The van der Waals surface area contributed by atoms with Crippen molar-refractivity contribution in [2.24, 2.45) is 0 Å². The zero-order chi connectivity index (χ0) is 12.0. The third kappa shape index (κ3) is 5.09. The van der Waals surface area contributed by atoms with Crippen LogP contribution in [-0.4, -0.2) is 57.5 Å². The van der Waals surface area contributed by atoms with Gasteiger partial charge in [0.1, 0.15) is 0 Å². The summed E-state index contributed by atoms with van der Waals surface area (Å²) in [7, 11) is -2.76. The first-order chi connectivity index (χ1) is 7.53. The van der Waals surface area contributed by atoms with E-state index in [-0.39, 0.29) is 0 Å². The fraction of sp³-hybridized carbons (Fsp3) is 0.818. The van der Waals surface area contributed by atoms with E-state index in [2.05, 4.69) is 23.7 Å². The van der Waals surface area contributed by atoms with E-state index in [1.807, 2.05) is 0 Å². The van der Waals surface area contributed by atoms with Crippen molar-refractivity contribution in [2.45, 2.75) is 13.3 Å². The number of nitrogens with zero attached hydrogens (tertiary/aromatic N) is 1. The lowest BCUT2D eigenvalue weighted by atomic mass is 10.2. The van der Waals surface area contributed by atoms with Gasteiger partial charge in [0.05, 0.1) is 11.5 Å². The molecule has 5 heteroatoms. The smallest absolute Gasteiger partial charge is 0.152 e. The summed E-state index contributed by atoms with van der Waals surface area (Å²) in [5.41, 5.74) is 1.13. The van der Waals surface area contributed by atoms with Gasteiger partial charge in [-0.15, -0.1) is 0 Å². The monoisotopic (exact) mass is 246 g/mol. The molecule has 0 aliphatic carbocycles. The summed E-state index contributed by atoms with van der Waals surface area (Å²) in [6.07, 6.45) is 1.12. The molecule has 1 heterocycles. The summed E-state index contributed by atoms with van der Waals surface area (Å²) < 4.78 is 22.5. The lowest BCUT2D eigenvalue weighted by Crippen LogP contribution is -2.41. The van der Waals surface area contributed by atoms with Gasteiger partial charge in [0, 0.05) is 26.2 Å². The van der Waals surface area contributed by atoms with Gasteiger partial charge in [-0.2, -0.15) is 0 Å². The average molecular weight is 246 g/mol. The molecule has 1 saturated heterocycles. The molecule has 1 fully saturated rings. The van der Waals surface area contributed by atoms with E-state index in [1.54, 1.807) is 0 Å². The minimum absolute atomic E-state index is 0.294.